The number of likely N-dealkylation sites (tertiary alicyclic amines) is 2. The first kappa shape index (κ1) is 21.5. The summed E-state index contributed by atoms with van der Waals surface area (Å²) < 4.78 is 23.2. The first-order valence-electron chi connectivity index (χ1n) is 10.3. The monoisotopic (exact) mass is 407 g/mol. The largest absolute Gasteiger partial charge is 0.461 e. The number of hydrogen-bond acceptors (Lipinski definition) is 6. The van der Waals surface area contributed by atoms with Gasteiger partial charge in [-0.1, -0.05) is 30.3 Å². The predicted molar refractivity (Wildman–Crippen MR) is 106 cm³/mol. The summed E-state index contributed by atoms with van der Waals surface area (Å²) in [6.07, 6.45) is 0.974. The molecule has 3 rings (SSSR count). The van der Waals surface area contributed by atoms with Crippen LogP contribution in [0.25, 0.3) is 0 Å². The van der Waals surface area contributed by atoms with Crippen molar-refractivity contribution in [2.45, 2.75) is 25.6 Å². The van der Waals surface area contributed by atoms with Gasteiger partial charge in [-0.3, -0.25) is 9.69 Å². The van der Waals surface area contributed by atoms with Gasteiger partial charge < -0.3 is 19.7 Å². The number of alkyl carbamates (subject to hydrolysis) is 1. The fourth-order valence-corrected chi connectivity index (χ4v) is 3.79. The lowest BCUT2D eigenvalue weighted by atomic mass is 10.1. The lowest BCUT2D eigenvalue weighted by Gasteiger charge is -2.18. The molecule has 7 nitrogen and oxygen atoms in total. The average Bonchev–Trinajstić information content (AvgIpc) is 3.37. The first-order chi connectivity index (χ1) is 14.1. The van der Waals surface area contributed by atoms with E-state index >= 15 is 0 Å². The minimum atomic E-state index is -0.442. The second kappa shape index (κ2) is 11.1. The van der Waals surface area contributed by atoms with Crippen LogP contribution in [0.5, 0.6) is 0 Å². The fraction of sp³-hybridized carbons (Fsp3) is 0.619. The van der Waals surface area contributed by atoms with Crippen molar-refractivity contribution in [3.05, 3.63) is 35.9 Å². The number of carbonyl (C=O) groups excluding carboxylic acids is 2. The molecule has 2 atom stereocenters. The van der Waals surface area contributed by atoms with Crippen LogP contribution >= 0.6 is 0 Å². The molecule has 1 N–H and O–H groups in total. The van der Waals surface area contributed by atoms with Gasteiger partial charge >= 0.3 is 12.1 Å². The number of nitrogens with zero attached hydrogens (tertiary/aromatic N) is 2. The van der Waals surface area contributed by atoms with Crippen LogP contribution < -0.4 is 5.32 Å². The van der Waals surface area contributed by atoms with E-state index in [0.29, 0.717) is 32.7 Å². The Balaban J connectivity index is 1.28. The summed E-state index contributed by atoms with van der Waals surface area (Å²) in [6.45, 7) is 4.27. The molecule has 0 aromatic heterocycles. The first-order valence-corrected chi connectivity index (χ1v) is 10.3. The summed E-state index contributed by atoms with van der Waals surface area (Å²) in [6, 6.07) is 9.52. The number of benzene rings is 1. The highest BCUT2D eigenvalue weighted by molar-refractivity contribution is 5.73. The van der Waals surface area contributed by atoms with Gasteiger partial charge in [0.05, 0.1) is 5.92 Å². The molecule has 1 aromatic rings. The van der Waals surface area contributed by atoms with E-state index in [2.05, 4.69) is 10.2 Å². The van der Waals surface area contributed by atoms with Gasteiger partial charge in [0.25, 0.3) is 0 Å². The van der Waals surface area contributed by atoms with Crippen molar-refractivity contribution in [3.8, 4) is 0 Å². The van der Waals surface area contributed by atoms with Gasteiger partial charge in [-0.25, -0.2) is 9.18 Å². The Morgan fingerprint density at radius 3 is 2.62 bits per heavy atom. The van der Waals surface area contributed by atoms with Gasteiger partial charge in [-0.05, 0) is 24.9 Å². The van der Waals surface area contributed by atoms with Crippen LogP contribution in [0.3, 0.4) is 0 Å². The van der Waals surface area contributed by atoms with E-state index in [-0.39, 0.29) is 31.3 Å². The quantitative estimate of drug-likeness (QED) is 0.630. The highest BCUT2D eigenvalue weighted by atomic mass is 19.1. The van der Waals surface area contributed by atoms with Gasteiger partial charge in [0.2, 0.25) is 0 Å². The molecule has 2 aliphatic heterocycles. The zero-order valence-corrected chi connectivity index (χ0v) is 16.7. The second-order valence-electron chi connectivity index (χ2n) is 7.61. The zero-order valence-electron chi connectivity index (χ0n) is 16.7. The number of esters is 1. The van der Waals surface area contributed by atoms with E-state index in [0.717, 1.165) is 31.5 Å². The van der Waals surface area contributed by atoms with Crippen molar-refractivity contribution in [2.75, 3.05) is 52.5 Å². The molecule has 2 fully saturated rings. The molecule has 0 bridgehead atoms. The van der Waals surface area contributed by atoms with Gasteiger partial charge in [0.15, 0.2) is 0 Å². The normalized spacial score (nSPS) is 22.5. The Morgan fingerprint density at radius 1 is 1.07 bits per heavy atom. The summed E-state index contributed by atoms with van der Waals surface area (Å²) in [4.78, 5) is 28.3. The van der Waals surface area contributed by atoms with Gasteiger partial charge in [0.1, 0.15) is 19.4 Å². The van der Waals surface area contributed by atoms with Crippen molar-refractivity contribution >= 4 is 12.1 Å². The van der Waals surface area contributed by atoms with Crippen LogP contribution in [0.2, 0.25) is 0 Å². The molecule has 2 aliphatic rings. The molecular formula is C21H30FN3O4. The lowest BCUT2D eigenvalue weighted by molar-refractivity contribution is -0.153. The predicted octanol–water partition coefficient (Wildman–Crippen LogP) is 1.82. The number of nitrogens with one attached hydrogen (secondary N) is 1. The third-order valence-electron chi connectivity index (χ3n) is 5.43. The molecule has 0 saturated carbocycles. The summed E-state index contributed by atoms with van der Waals surface area (Å²) in [7, 11) is 0. The Morgan fingerprint density at radius 2 is 1.83 bits per heavy atom. The Bertz CT molecular complexity index is 661. The molecule has 0 unspecified atom stereocenters. The summed E-state index contributed by atoms with van der Waals surface area (Å²) in [5.41, 5.74) is 0.943. The van der Waals surface area contributed by atoms with Crippen molar-refractivity contribution in [3.63, 3.8) is 0 Å². The maximum atomic E-state index is 12.4. The smallest absolute Gasteiger partial charge is 0.407 e. The van der Waals surface area contributed by atoms with Crippen molar-refractivity contribution < 1.29 is 23.5 Å². The SMILES string of the molecule is O=C(NCCN1CC[C@@H](C(=O)O[C@@H]2CCN(CCF)C2)C1)OCc1ccccc1. The molecular weight excluding hydrogens is 377 g/mol. The molecule has 8 heteroatoms. The van der Waals surface area contributed by atoms with Crippen LogP contribution in [0, 0.1) is 5.92 Å². The number of ether oxygens (including phenoxy) is 2. The number of hydrogen-bond donors (Lipinski definition) is 1. The number of amides is 1. The number of halogens is 1. The van der Waals surface area contributed by atoms with Crippen molar-refractivity contribution in [1.82, 2.24) is 15.1 Å². The number of alkyl halides is 1. The molecule has 160 valence electrons. The highest BCUT2D eigenvalue weighted by Gasteiger charge is 2.32. The Labute approximate surface area is 171 Å². The Hall–Kier alpha value is -2.19. The topological polar surface area (TPSA) is 71.1 Å². The highest BCUT2D eigenvalue weighted by Crippen LogP contribution is 2.20. The van der Waals surface area contributed by atoms with Crippen LogP contribution in [-0.2, 0) is 20.9 Å². The maximum absolute atomic E-state index is 12.4. The number of carbonyl (C=O) groups is 2. The molecule has 2 heterocycles. The summed E-state index contributed by atoms with van der Waals surface area (Å²) in [5, 5.41) is 2.74. The third-order valence-corrected chi connectivity index (χ3v) is 5.43. The minimum absolute atomic E-state index is 0.121. The zero-order chi connectivity index (χ0) is 20.5. The Kier molecular flexibility index (Phi) is 8.25. The standard InChI is InChI=1S/C21H30FN3O4/c22-8-12-24-11-7-19(15-24)29-20(26)18-6-10-25(14-18)13-9-23-21(27)28-16-17-4-2-1-3-5-17/h1-5,18-19H,6-16H2,(H,23,27)/t18-,19-/m1/s1. The van der Waals surface area contributed by atoms with Crippen molar-refractivity contribution in [1.29, 1.82) is 0 Å². The van der Waals surface area contributed by atoms with Gasteiger partial charge in [-0.15, -0.1) is 0 Å². The van der Waals surface area contributed by atoms with E-state index in [9.17, 15) is 14.0 Å². The maximum Gasteiger partial charge on any atom is 0.407 e. The van der Waals surface area contributed by atoms with Crippen LogP contribution in [0.15, 0.2) is 30.3 Å². The van der Waals surface area contributed by atoms with Crippen LogP contribution in [0.4, 0.5) is 9.18 Å². The minimum Gasteiger partial charge on any atom is -0.461 e. The average molecular weight is 407 g/mol. The molecule has 0 radical (unpaired) electrons. The van der Waals surface area contributed by atoms with Crippen LogP contribution in [-0.4, -0.2) is 80.5 Å². The van der Waals surface area contributed by atoms with E-state index in [4.69, 9.17) is 9.47 Å². The van der Waals surface area contributed by atoms with Crippen molar-refractivity contribution in [2.24, 2.45) is 5.92 Å². The molecule has 0 aliphatic carbocycles. The number of rotatable bonds is 9. The molecule has 1 aromatic carbocycles. The van der Waals surface area contributed by atoms with E-state index in [1.54, 1.807) is 0 Å². The van der Waals surface area contributed by atoms with Crippen LogP contribution in [0.1, 0.15) is 18.4 Å². The summed E-state index contributed by atoms with van der Waals surface area (Å²) >= 11 is 0. The fourth-order valence-electron chi connectivity index (χ4n) is 3.79. The molecule has 1 amide bonds. The lowest BCUT2D eigenvalue weighted by Crippen LogP contribution is -2.35. The molecule has 29 heavy (non-hydrogen) atoms. The molecule has 2 saturated heterocycles. The van der Waals surface area contributed by atoms with E-state index in [1.165, 1.54) is 0 Å². The third kappa shape index (κ3) is 6.97. The van der Waals surface area contributed by atoms with E-state index in [1.807, 2.05) is 35.2 Å². The van der Waals surface area contributed by atoms with Gasteiger partial charge in [-0.2, -0.15) is 0 Å². The second-order valence-corrected chi connectivity index (χ2v) is 7.61. The molecule has 0 spiro atoms. The summed E-state index contributed by atoms with van der Waals surface area (Å²) in [5.74, 6) is -0.287. The van der Waals surface area contributed by atoms with Gasteiger partial charge in [0, 0.05) is 39.3 Å². The van der Waals surface area contributed by atoms with E-state index < -0.39 is 6.09 Å².